The zero-order valence-corrected chi connectivity index (χ0v) is 21.4. The molecule has 3 aromatic rings. The number of halogens is 1. The Hall–Kier alpha value is -2.87. The summed E-state index contributed by atoms with van der Waals surface area (Å²) in [6.45, 7) is 1.42. The summed E-state index contributed by atoms with van der Waals surface area (Å²) in [7, 11) is -6.28. The fraction of sp³-hybridized carbons (Fsp3) is 0.200. The van der Waals surface area contributed by atoms with Crippen LogP contribution in [0.2, 0.25) is 5.02 Å². The molecule has 2 N–H and O–H groups in total. The normalized spacial score (nSPS) is 12.6. The van der Waals surface area contributed by atoms with E-state index in [4.69, 9.17) is 16.3 Å². The lowest BCUT2D eigenvalue weighted by molar-refractivity contribution is -0.116. The van der Waals surface area contributed by atoms with E-state index < -0.39 is 32.0 Å². The summed E-state index contributed by atoms with van der Waals surface area (Å²) >= 11 is 7.27. The summed E-state index contributed by atoms with van der Waals surface area (Å²) in [6.07, 6.45) is 2.45. The number of rotatable bonds is 9. The molecule has 3 rings (SSSR count). The highest BCUT2D eigenvalue weighted by Gasteiger charge is 2.30. The van der Waals surface area contributed by atoms with Crippen LogP contribution in [0.25, 0.3) is 0 Å². The van der Waals surface area contributed by atoms with Gasteiger partial charge >= 0.3 is 0 Å². The molecule has 0 aliphatic carbocycles. The molecule has 0 saturated carbocycles. The second-order valence-electron chi connectivity index (χ2n) is 7.01. The summed E-state index contributed by atoms with van der Waals surface area (Å²) in [5.74, 6) is -0.274. The van der Waals surface area contributed by atoms with Crippen LogP contribution in [-0.4, -0.2) is 47.1 Å². The summed E-state index contributed by atoms with van der Waals surface area (Å²) in [4.78, 5) is 16.7. The van der Waals surface area contributed by atoms with Crippen LogP contribution in [0.1, 0.15) is 6.92 Å². The van der Waals surface area contributed by atoms with E-state index in [0.717, 1.165) is 21.9 Å². The molecule has 0 spiro atoms. The molecule has 10 nitrogen and oxygen atoms in total. The van der Waals surface area contributed by atoms with Gasteiger partial charge in [0.1, 0.15) is 11.8 Å². The van der Waals surface area contributed by atoms with Crippen LogP contribution in [0.5, 0.6) is 5.75 Å². The Balaban J connectivity index is 1.78. The third-order valence-corrected chi connectivity index (χ3v) is 8.27. The minimum atomic E-state index is -3.86. The van der Waals surface area contributed by atoms with Crippen LogP contribution in [-0.2, 0) is 24.8 Å². The molecule has 1 aromatic heterocycles. The number of anilines is 3. The topological polar surface area (TPSA) is 135 Å². The Bertz CT molecular complexity index is 1380. The number of sulfonamides is 2. The van der Waals surface area contributed by atoms with Gasteiger partial charge in [0.2, 0.25) is 15.9 Å². The van der Waals surface area contributed by atoms with Gasteiger partial charge in [-0.25, -0.2) is 21.8 Å². The van der Waals surface area contributed by atoms with Crippen LogP contribution in [0, 0.1) is 0 Å². The molecule has 1 heterocycles. The molecule has 0 radical (unpaired) electrons. The number of hydrogen-bond donors (Lipinski definition) is 2. The lowest BCUT2D eigenvalue weighted by Gasteiger charge is -2.28. The van der Waals surface area contributed by atoms with Crippen LogP contribution >= 0.6 is 22.9 Å². The zero-order chi connectivity index (χ0) is 25.1. The molecular formula is C20H21ClN4O6S3. The van der Waals surface area contributed by atoms with E-state index in [9.17, 15) is 21.6 Å². The van der Waals surface area contributed by atoms with Gasteiger partial charge in [-0.3, -0.25) is 13.8 Å². The molecule has 0 aliphatic rings. The summed E-state index contributed by atoms with van der Waals surface area (Å²) < 4.78 is 58.2. The van der Waals surface area contributed by atoms with Crippen LogP contribution in [0.3, 0.4) is 0 Å². The number of benzene rings is 2. The van der Waals surface area contributed by atoms with Gasteiger partial charge in [0.05, 0.1) is 29.0 Å². The van der Waals surface area contributed by atoms with E-state index >= 15 is 0 Å². The zero-order valence-electron chi connectivity index (χ0n) is 18.2. The number of thiazole rings is 1. The number of nitrogens with zero attached hydrogens (tertiary/aromatic N) is 2. The first-order valence-corrected chi connectivity index (χ1v) is 14.2. The average molecular weight is 545 g/mol. The number of hydrogen-bond acceptors (Lipinski definition) is 8. The second-order valence-corrected chi connectivity index (χ2v) is 11.9. The molecule has 2 aromatic carbocycles. The molecule has 0 fully saturated rings. The average Bonchev–Trinajstić information content (AvgIpc) is 3.25. The lowest BCUT2D eigenvalue weighted by atomic mass is 10.2. The number of carbonyl (C=O) groups is 1. The van der Waals surface area contributed by atoms with Crippen molar-refractivity contribution in [2.24, 2.45) is 0 Å². The van der Waals surface area contributed by atoms with Gasteiger partial charge in [0.15, 0.2) is 5.13 Å². The van der Waals surface area contributed by atoms with Crippen LogP contribution < -0.4 is 19.1 Å². The van der Waals surface area contributed by atoms with Crippen molar-refractivity contribution < 1.29 is 26.4 Å². The Kier molecular flexibility index (Phi) is 7.70. The van der Waals surface area contributed by atoms with E-state index in [1.165, 1.54) is 62.7 Å². The molecule has 0 aliphatic heterocycles. The number of amides is 1. The van der Waals surface area contributed by atoms with E-state index in [1.54, 1.807) is 5.38 Å². The van der Waals surface area contributed by atoms with Crippen molar-refractivity contribution in [1.29, 1.82) is 0 Å². The van der Waals surface area contributed by atoms with Crippen molar-refractivity contribution in [1.82, 2.24) is 4.98 Å². The summed E-state index contributed by atoms with van der Waals surface area (Å²) in [5.41, 5.74) is 0.469. The standard InChI is InChI=1S/C20H21ClN4O6S3/c1-13(25(33(3,27)28)15-6-9-18(31-2)17(21)12-15)19(26)23-14-4-7-16(8-5-14)34(29,30)24-20-22-10-11-32-20/h4-13H,1-3H3,(H,22,24)(H,23,26)/t13-/m0/s1. The van der Waals surface area contributed by atoms with Crippen molar-refractivity contribution >= 4 is 65.4 Å². The largest absolute Gasteiger partial charge is 0.495 e. The van der Waals surface area contributed by atoms with E-state index in [-0.39, 0.29) is 26.4 Å². The highest BCUT2D eigenvalue weighted by atomic mass is 35.5. The predicted octanol–water partition coefficient (Wildman–Crippen LogP) is 3.40. The van der Waals surface area contributed by atoms with E-state index in [0.29, 0.717) is 5.75 Å². The fourth-order valence-corrected chi connectivity index (χ4v) is 6.22. The number of nitrogens with one attached hydrogen (secondary N) is 2. The minimum Gasteiger partial charge on any atom is -0.495 e. The number of carbonyl (C=O) groups excluding carboxylic acids is 1. The smallest absolute Gasteiger partial charge is 0.263 e. The monoisotopic (exact) mass is 544 g/mol. The van der Waals surface area contributed by atoms with Crippen LogP contribution in [0.4, 0.5) is 16.5 Å². The highest BCUT2D eigenvalue weighted by Crippen LogP contribution is 2.31. The molecule has 1 atom stereocenters. The first-order valence-electron chi connectivity index (χ1n) is 9.58. The van der Waals surface area contributed by atoms with Crippen LogP contribution in [0.15, 0.2) is 58.9 Å². The number of aromatic nitrogens is 1. The van der Waals surface area contributed by atoms with E-state index in [1.807, 2.05) is 0 Å². The maximum atomic E-state index is 12.9. The Morgan fingerprint density at radius 2 is 1.82 bits per heavy atom. The Morgan fingerprint density at radius 1 is 1.15 bits per heavy atom. The quantitative estimate of drug-likeness (QED) is 0.421. The number of methoxy groups -OCH3 is 1. The Labute approximate surface area is 206 Å². The van der Waals surface area contributed by atoms with Gasteiger partial charge in [0, 0.05) is 17.3 Å². The second kappa shape index (κ2) is 10.2. The van der Waals surface area contributed by atoms with Crippen molar-refractivity contribution in [2.45, 2.75) is 17.9 Å². The molecular weight excluding hydrogens is 524 g/mol. The van der Waals surface area contributed by atoms with Crippen molar-refractivity contribution in [3.8, 4) is 5.75 Å². The molecule has 34 heavy (non-hydrogen) atoms. The third-order valence-electron chi connectivity index (χ3n) is 4.56. The Morgan fingerprint density at radius 3 is 2.35 bits per heavy atom. The maximum absolute atomic E-state index is 12.9. The van der Waals surface area contributed by atoms with E-state index in [2.05, 4.69) is 15.0 Å². The molecule has 0 saturated heterocycles. The van der Waals surface area contributed by atoms with Gasteiger partial charge in [-0.05, 0) is 49.4 Å². The minimum absolute atomic E-state index is 0.0283. The predicted molar refractivity (Wildman–Crippen MR) is 133 cm³/mol. The molecule has 0 bridgehead atoms. The van der Waals surface area contributed by atoms with Crippen molar-refractivity contribution in [2.75, 3.05) is 27.7 Å². The molecule has 0 unspecified atom stereocenters. The van der Waals surface area contributed by atoms with Gasteiger partial charge in [-0.15, -0.1) is 11.3 Å². The molecule has 1 amide bonds. The van der Waals surface area contributed by atoms with Crippen molar-refractivity contribution in [3.05, 3.63) is 59.1 Å². The van der Waals surface area contributed by atoms with Gasteiger partial charge in [0.25, 0.3) is 10.0 Å². The molecule has 182 valence electrons. The fourth-order valence-electron chi connectivity index (χ4n) is 3.01. The summed E-state index contributed by atoms with van der Waals surface area (Å²) in [5, 5.41) is 4.65. The SMILES string of the molecule is COc1ccc(N([C@@H](C)C(=O)Nc2ccc(S(=O)(=O)Nc3nccs3)cc2)S(C)(=O)=O)cc1Cl. The van der Waals surface area contributed by atoms with Gasteiger partial charge < -0.3 is 10.1 Å². The van der Waals surface area contributed by atoms with Crippen molar-refractivity contribution in [3.63, 3.8) is 0 Å². The first-order chi connectivity index (χ1) is 15.9. The summed E-state index contributed by atoms with van der Waals surface area (Å²) in [6, 6.07) is 8.65. The molecule has 14 heteroatoms. The first kappa shape index (κ1) is 25.7. The third kappa shape index (κ3) is 5.97. The number of ether oxygens (including phenoxy) is 1. The highest BCUT2D eigenvalue weighted by molar-refractivity contribution is 7.93. The van der Waals surface area contributed by atoms with Gasteiger partial charge in [-0.2, -0.15) is 0 Å². The maximum Gasteiger partial charge on any atom is 0.263 e. The lowest BCUT2D eigenvalue weighted by Crippen LogP contribution is -2.45. The van der Waals surface area contributed by atoms with Gasteiger partial charge in [-0.1, -0.05) is 11.6 Å².